The Kier molecular flexibility index (Phi) is 5.53. The van der Waals surface area contributed by atoms with E-state index in [9.17, 15) is 23.1 Å². The third-order valence-corrected chi connectivity index (χ3v) is 6.45. The predicted octanol–water partition coefficient (Wildman–Crippen LogP) is 6.69. The first kappa shape index (κ1) is 22.9. The average molecular weight is 485 g/mol. The van der Waals surface area contributed by atoms with E-state index in [4.69, 9.17) is 9.51 Å². The molecule has 1 aromatic carbocycles. The maximum atomic E-state index is 13.3. The van der Waals surface area contributed by atoms with E-state index in [1.807, 2.05) is 10.6 Å². The van der Waals surface area contributed by atoms with Gasteiger partial charge in [0.05, 0.1) is 11.3 Å². The Morgan fingerprint density at radius 2 is 1.91 bits per heavy atom. The Labute approximate surface area is 198 Å². The molecule has 0 bridgehead atoms. The summed E-state index contributed by atoms with van der Waals surface area (Å²) >= 11 is 0. The van der Waals surface area contributed by atoms with Crippen molar-refractivity contribution in [3.63, 3.8) is 0 Å². The van der Waals surface area contributed by atoms with Crippen LogP contribution in [0.5, 0.6) is 5.75 Å². The molecule has 0 radical (unpaired) electrons. The topological polar surface area (TPSA) is 90.4 Å². The van der Waals surface area contributed by atoms with Crippen molar-refractivity contribution < 1.29 is 32.3 Å². The fourth-order valence-corrected chi connectivity index (χ4v) is 4.93. The van der Waals surface area contributed by atoms with Crippen molar-refractivity contribution in [2.24, 2.45) is 0 Å². The van der Waals surface area contributed by atoms with Crippen molar-refractivity contribution in [3.8, 4) is 28.0 Å². The van der Waals surface area contributed by atoms with E-state index >= 15 is 0 Å². The Bertz CT molecular complexity index is 1410. The summed E-state index contributed by atoms with van der Waals surface area (Å²) in [7, 11) is 0. The third kappa shape index (κ3) is 4.24. The summed E-state index contributed by atoms with van der Waals surface area (Å²) in [5.74, 6) is -1.32. The largest absolute Gasteiger partial charge is 0.573 e. The van der Waals surface area contributed by atoms with Gasteiger partial charge in [-0.2, -0.15) is 0 Å². The van der Waals surface area contributed by atoms with Crippen LogP contribution in [0.1, 0.15) is 53.5 Å². The highest BCUT2D eigenvalue weighted by Crippen LogP contribution is 2.43. The standard InChI is InChI=1S/C25H22F3N3O4/c1-13-22(14(2)35-30-13)16-9-19-20(12-31(23(19)29-11-16)17-5-3-4-6-17)18-8-7-15(24(32)33)10-21(18)34-25(26,27)28/h7-12,17H,3-6H2,1-2H3,(H,32,33). The molecule has 1 aliphatic carbocycles. The summed E-state index contributed by atoms with van der Waals surface area (Å²) in [5, 5.41) is 13.9. The number of nitrogens with zero attached hydrogens (tertiary/aromatic N) is 3. The minimum Gasteiger partial charge on any atom is -0.478 e. The van der Waals surface area contributed by atoms with Gasteiger partial charge in [-0.05, 0) is 51.0 Å². The summed E-state index contributed by atoms with van der Waals surface area (Å²) in [6, 6.07) is 5.55. The van der Waals surface area contributed by atoms with Gasteiger partial charge < -0.3 is 18.9 Å². The first-order chi connectivity index (χ1) is 16.6. The van der Waals surface area contributed by atoms with Crippen molar-refractivity contribution in [2.45, 2.75) is 51.9 Å². The molecule has 3 aromatic heterocycles. The van der Waals surface area contributed by atoms with Crippen LogP contribution in [0.4, 0.5) is 13.2 Å². The number of fused-ring (bicyclic) bond motifs is 1. The van der Waals surface area contributed by atoms with Crippen LogP contribution in [0.15, 0.2) is 41.2 Å². The molecule has 182 valence electrons. The zero-order chi connectivity index (χ0) is 24.9. The van der Waals surface area contributed by atoms with Gasteiger partial charge in [0.2, 0.25) is 0 Å². The summed E-state index contributed by atoms with van der Waals surface area (Å²) in [5.41, 5.74) is 3.11. The summed E-state index contributed by atoms with van der Waals surface area (Å²) in [4.78, 5) is 16.1. The molecule has 1 aliphatic rings. The van der Waals surface area contributed by atoms with Gasteiger partial charge in [0, 0.05) is 46.1 Å². The van der Waals surface area contributed by atoms with E-state index in [0.717, 1.165) is 42.9 Å². The number of pyridine rings is 1. The molecule has 7 nitrogen and oxygen atoms in total. The van der Waals surface area contributed by atoms with E-state index in [-0.39, 0.29) is 17.2 Å². The van der Waals surface area contributed by atoms with E-state index in [2.05, 4.69) is 9.89 Å². The van der Waals surface area contributed by atoms with Crippen LogP contribution >= 0.6 is 0 Å². The summed E-state index contributed by atoms with van der Waals surface area (Å²) < 4.78 is 51.4. The Balaban J connectivity index is 1.76. The van der Waals surface area contributed by atoms with E-state index in [1.54, 1.807) is 26.2 Å². The monoisotopic (exact) mass is 485 g/mol. The first-order valence-corrected chi connectivity index (χ1v) is 11.2. The molecule has 1 fully saturated rings. The molecule has 1 saturated carbocycles. The average Bonchev–Trinajstić information content (AvgIpc) is 3.51. The van der Waals surface area contributed by atoms with Gasteiger partial charge >= 0.3 is 12.3 Å². The number of carbonyl (C=O) groups is 1. The quantitative estimate of drug-likeness (QED) is 0.339. The smallest absolute Gasteiger partial charge is 0.478 e. The minimum atomic E-state index is -4.99. The third-order valence-electron chi connectivity index (χ3n) is 6.45. The molecule has 0 atom stereocenters. The fourth-order valence-electron chi connectivity index (χ4n) is 4.93. The molecule has 0 amide bonds. The lowest BCUT2D eigenvalue weighted by Gasteiger charge is -2.14. The van der Waals surface area contributed by atoms with Crippen LogP contribution in [0, 0.1) is 13.8 Å². The maximum Gasteiger partial charge on any atom is 0.573 e. The predicted molar refractivity (Wildman–Crippen MR) is 121 cm³/mol. The van der Waals surface area contributed by atoms with Crippen molar-refractivity contribution in [1.29, 1.82) is 0 Å². The van der Waals surface area contributed by atoms with Crippen LogP contribution in [-0.2, 0) is 0 Å². The number of halogens is 3. The van der Waals surface area contributed by atoms with Gasteiger partial charge in [-0.15, -0.1) is 13.2 Å². The molecule has 5 rings (SSSR count). The lowest BCUT2D eigenvalue weighted by molar-refractivity contribution is -0.274. The van der Waals surface area contributed by atoms with Crippen LogP contribution in [0.2, 0.25) is 0 Å². The molecule has 3 heterocycles. The highest BCUT2D eigenvalue weighted by atomic mass is 19.4. The number of hydrogen-bond acceptors (Lipinski definition) is 5. The van der Waals surface area contributed by atoms with Gasteiger partial charge in [0.1, 0.15) is 17.2 Å². The number of ether oxygens (including phenoxy) is 1. The molecular weight excluding hydrogens is 463 g/mol. The van der Waals surface area contributed by atoms with Crippen LogP contribution in [-0.4, -0.2) is 32.1 Å². The fraction of sp³-hybridized carbons (Fsp3) is 0.320. The van der Waals surface area contributed by atoms with Gasteiger partial charge in [0.25, 0.3) is 0 Å². The second kappa shape index (κ2) is 8.44. The second-order valence-corrected chi connectivity index (χ2v) is 8.75. The van der Waals surface area contributed by atoms with E-state index in [1.165, 1.54) is 12.1 Å². The van der Waals surface area contributed by atoms with Crippen LogP contribution in [0.3, 0.4) is 0 Å². The van der Waals surface area contributed by atoms with Crippen LogP contribution in [0.25, 0.3) is 33.3 Å². The highest BCUT2D eigenvalue weighted by Gasteiger charge is 2.33. The van der Waals surface area contributed by atoms with Crippen LogP contribution < -0.4 is 4.74 Å². The molecule has 1 N–H and O–H groups in total. The lowest BCUT2D eigenvalue weighted by Crippen LogP contribution is -2.18. The Morgan fingerprint density at radius 3 is 2.54 bits per heavy atom. The molecular formula is C25H22F3N3O4. The summed E-state index contributed by atoms with van der Waals surface area (Å²) in [6.07, 6.45) is 2.53. The molecule has 0 spiro atoms. The van der Waals surface area contributed by atoms with Gasteiger partial charge in [0.15, 0.2) is 0 Å². The zero-order valence-electron chi connectivity index (χ0n) is 19.0. The molecule has 4 aromatic rings. The minimum absolute atomic E-state index is 0.131. The Hall–Kier alpha value is -3.82. The van der Waals surface area contributed by atoms with Gasteiger partial charge in [-0.25, -0.2) is 9.78 Å². The maximum absolute atomic E-state index is 13.3. The number of benzene rings is 1. The molecule has 10 heteroatoms. The van der Waals surface area contributed by atoms with Crippen molar-refractivity contribution in [2.75, 3.05) is 0 Å². The van der Waals surface area contributed by atoms with Crippen molar-refractivity contribution >= 4 is 17.0 Å². The highest BCUT2D eigenvalue weighted by molar-refractivity contribution is 5.99. The van der Waals surface area contributed by atoms with E-state index in [0.29, 0.717) is 28.1 Å². The number of alkyl halides is 3. The molecule has 0 unspecified atom stereocenters. The number of aromatic carboxylic acids is 1. The first-order valence-electron chi connectivity index (χ1n) is 11.2. The molecule has 0 saturated heterocycles. The lowest BCUT2D eigenvalue weighted by atomic mass is 10.00. The summed E-state index contributed by atoms with van der Waals surface area (Å²) in [6.45, 7) is 3.59. The van der Waals surface area contributed by atoms with Crippen molar-refractivity contribution in [1.82, 2.24) is 14.7 Å². The van der Waals surface area contributed by atoms with Gasteiger partial charge in [-0.3, -0.25) is 0 Å². The second-order valence-electron chi connectivity index (χ2n) is 8.75. The number of carboxylic acids is 1. The number of aromatic nitrogens is 3. The Morgan fingerprint density at radius 1 is 1.17 bits per heavy atom. The van der Waals surface area contributed by atoms with E-state index < -0.39 is 18.1 Å². The van der Waals surface area contributed by atoms with Crippen molar-refractivity contribution in [3.05, 3.63) is 53.7 Å². The number of carboxylic acid groups (broad SMARTS) is 1. The molecule has 35 heavy (non-hydrogen) atoms. The zero-order valence-corrected chi connectivity index (χ0v) is 19.0. The number of hydrogen-bond donors (Lipinski definition) is 1. The molecule has 0 aliphatic heterocycles. The number of rotatable bonds is 5. The van der Waals surface area contributed by atoms with Gasteiger partial charge in [-0.1, -0.05) is 18.0 Å². The normalized spacial score (nSPS) is 14.7. The SMILES string of the molecule is Cc1noc(C)c1-c1cnc2c(c1)c(-c1ccc(C(=O)O)cc1OC(F)(F)F)cn2C1CCCC1. The number of aryl methyl sites for hydroxylation is 2.